The molecule has 2 aromatic rings. The van der Waals surface area contributed by atoms with Crippen LogP contribution >= 0.6 is 0 Å². The van der Waals surface area contributed by atoms with E-state index in [-0.39, 0.29) is 11.9 Å². The molecule has 0 saturated carbocycles. The molecule has 0 spiro atoms. The lowest BCUT2D eigenvalue weighted by molar-refractivity contribution is 0.453. The van der Waals surface area contributed by atoms with Crippen molar-refractivity contribution in [1.29, 1.82) is 0 Å². The fourth-order valence-electron chi connectivity index (χ4n) is 1.91. The summed E-state index contributed by atoms with van der Waals surface area (Å²) in [6, 6.07) is 10.6. The van der Waals surface area contributed by atoms with Gasteiger partial charge in [-0.25, -0.2) is 4.39 Å². The summed E-state index contributed by atoms with van der Waals surface area (Å²) in [6.45, 7) is 2.87. The Labute approximate surface area is 100 Å². The van der Waals surface area contributed by atoms with Crippen LogP contribution in [-0.4, -0.2) is 6.54 Å². The molecule has 2 nitrogen and oxygen atoms in total. The van der Waals surface area contributed by atoms with E-state index in [4.69, 9.17) is 4.42 Å². The van der Waals surface area contributed by atoms with Gasteiger partial charge in [-0.2, -0.15) is 0 Å². The zero-order chi connectivity index (χ0) is 12.1. The highest BCUT2D eigenvalue weighted by Crippen LogP contribution is 2.19. The molecule has 0 saturated heterocycles. The Morgan fingerprint density at radius 1 is 1.29 bits per heavy atom. The van der Waals surface area contributed by atoms with Gasteiger partial charge in [-0.3, -0.25) is 0 Å². The SMILES string of the molecule is CCNC(Cc1ccco1)c1cccc(F)c1. The zero-order valence-electron chi connectivity index (χ0n) is 9.82. The molecule has 1 atom stereocenters. The van der Waals surface area contributed by atoms with Crippen LogP contribution in [0.2, 0.25) is 0 Å². The fraction of sp³-hybridized carbons (Fsp3) is 0.286. The minimum absolute atomic E-state index is 0.0850. The lowest BCUT2D eigenvalue weighted by atomic mass is 10.0. The van der Waals surface area contributed by atoms with Crippen molar-refractivity contribution in [2.45, 2.75) is 19.4 Å². The summed E-state index contributed by atoms with van der Waals surface area (Å²) < 4.78 is 18.5. The van der Waals surface area contributed by atoms with Gasteiger partial charge in [0, 0.05) is 12.5 Å². The van der Waals surface area contributed by atoms with Crippen molar-refractivity contribution in [2.75, 3.05) is 6.54 Å². The van der Waals surface area contributed by atoms with Crippen molar-refractivity contribution in [1.82, 2.24) is 5.32 Å². The summed E-state index contributed by atoms with van der Waals surface area (Å²) in [7, 11) is 0. The number of benzene rings is 1. The number of hydrogen-bond donors (Lipinski definition) is 1. The number of nitrogens with one attached hydrogen (secondary N) is 1. The smallest absolute Gasteiger partial charge is 0.123 e. The minimum Gasteiger partial charge on any atom is -0.469 e. The van der Waals surface area contributed by atoms with Gasteiger partial charge in [0.25, 0.3) is 0 Å². The highest BCUT2D eigenvalue weighted by molar-refractivity contribution is 5.21. The molecule has 1 heterocycles. The van der Waals surface area contributed by atoms with Crippen LogP contribution in [0.3, 0.4) is 0 Å². The van der Waals surface area contributed by atoms with E-state index in [0.717, 1.165) is 24.3 Å². The van der Waals surface area contributed by atoms with E-state index in [2.05, 4.69) is 5.32 Å². The second-order valence-electron chi connectivity index (χ2n) is 3.95. The molecule has 0 bridgehead atoms. The van der Waals surface area contributed by atoms with E-state index < -0.39 is 0 Å². The molecular formula is C14H16FNO. The van der Waals surface area contributed by atoms with Gasteiger partial charge in [0.2, 0.25) is 0 Å². The van der Waals surface area contributed by atoms with Crippen molar-refractivity contribution < 1.29 is 8.81 Å². The number of hydrogen-bond acceptors (Lipinski definition) is 2. The Hall–Kier alpha value is -1.61. The first kappa shape index (κ1) is 11.9. The van der Waals surface area contributed by atoms with Gasteiger partial charge in [0.1, 0.15) is 11.6 Å². The Balaban J connectivity index is 2.16. The van der Waals surface area contributed by atoms with Gasteiger partial charge in [-0.15, -0.1) is 0 Å². The molecule has 1 aromatic carbocycles. The molecule has 17 heavy (non-hydrogen) atoms. The number of furan rings is 1. The molecule has 1 unspecified atom stereocenters. The third-order valence-electron chi connectivity index (χ3n) is 2.69. The first-order valence-corrected chi connectivity index (χ1v) is 5.81. The maximum Gasteiger partial charge on any atom is 0.123 e. The van der Waals surface area contributed by atoms with E-state index in [9.17, 15) is 4.39 Å². The molecule has 90 valence electrons. The quantitative estimate of drug-likeness (QED) is 0.857. The average molecular weight is 233 g/mol. The van der Waals surface area contributed by atoms with E-state index in [1.165, 1.54) is 6.07 Å². The van der Waals surface area contributed by atoms with Crippen LogP contribution in [0.5, 0.6) is 0 Å². The van der Waals surface area contributed by atoms with Gasteiger partial charge in [0.15, 0.2) is 0 Å². The first-order chi connectivity index (χ1) is 8.29. The monoisotopic (exact) mass is 233 g/mol. The highest BCUT2D eigenvalue weighted by atomic mass is 19.1. The molecule has 1 aromatic heterocycles. The zero-order valence-corrected chi connectivity index (χ0v) is 9.82. The van der Waals surface area contributed by atoms with Gasteiger partial charge in [0.05, 0.1) is 6.26 Å². The average Bonchev–Trinajstić information content (AvgIpc) is 2.81. The molecule has 0 aliphatic carbocycles. The molecule has 0 aliphatic rings. The Morgan fingerprint density at radius 2 is 2.18 bits per heavy atom. The number of halogens is 1. The van der Waals surface area contributed by atoms with Crippen LogP contribution in [0, 0.1) is 5.82 Å². The molecule has 0 radical (unpaired) electrons. The van der Waals surface area contributed by atoms with Crippen LogP contribution in [-0.2, 0) is 6.42 Å². The van der Waals surface area contributed by atoms with Crippen molar-refractivity contribution in [2.24, 2.45) is 0 Å². The number of likely N-dealkylation sites (N-methyl/N-ethyl adjacent to an activating group) is 1. The normalized spacial score (nSPS) is 12.6. The summed E-state index contributed by atoms with van der Waals surface area (Å²) >= 11 is 0. The molecule has 0 fully saturated rings. The number of rotatable bonds is 5. The standard InChI is InChI=1S/C14H16FNO/c1-2-16-14(10-13-7-4-8-17-13)11-5-3-6-12(15)9-11/h3-9,14,16H,2,10H2,1H3. The van der Waals surface area contributed by atoms with Crippen LogP contribution in [0.15, 0.2) is 47.1 Å². The summed E-state index contributed by atoms with van der Waals surface area (Å²) in [5, 5.41) is 3.34. The van der Waals surface area contributed by atoms with Gasteiger partial charge < -0.3 is 9.73 Å². The van der Waals surface area contributed by atoms with Crippen molar-refractivity contribution in [3.8, 4) is 0 Å². The van der Waals surface area contributed by atoms with Crippen LogP contribution in [0.4, 0.5) is 4.39 Å². The third-order valence-corrected chi connectivity index (χ3v) is 2.69. The Bertz CT molecular complexity index is 453. The van der Waals surface area contributed by atoms with Gasteiger partial charge in [-0.05, 0) is 36.4 Å². The maximum atomic E-state index is 13.2. The molecule has 0 amide bonds. The van der Waals surface area contributed by atoms with E-state index in [1.807, 2.05) is 25.1 Å². The summed E-state index contributed by atoms with van der Waals surface area (Å²) in [4.78, 5) is 0. The van der Waals surface area contributed by atoms with E-state index >= 15 is 0 Å². The van der Waals surface area contributed by atoms with Crippen molar-refractivity contribution in [3.05, 3.63) is 59.8 Å². The Kier molecular flexibility index (Phi) is 3.94. The van der Waals surface area contributed by atoms with Crippen LogP contribution in [0.25, 0.3) is 0 Å². The molecular weight excluding hydrogens is 217 g/mol. The first-order valence-electron chi connectivity index (χ1n) is 5.81. The predicted molar refractivity (Wildman–Crippen MR) is 65.2 cm³/mol. The molecule has 2 rings (SSSR count). The maximum absolute atomic E-state index is 13.2. The van der Waals surface area contributed by atoms with Crippen LogP contribution < -0.4 is 5.32 Å². The predicted octanol–water partition coefficient (Wildman–Crippen LogP) is 3.31. The lowest BCUT2D eigenvalue weighted by Gasteiger charge is -2.17. The van der Waals surface area contributed by atoms with Gasteiger partial charge in [-0.1, -0.05) is 19.1 Å². The summed E-state index contributed by atoms with van der Waals surface area (Å²) in [6.07, 6.45) is 2.38. The fourth-order valence-corrected chi connectivity index (χ4v) is 1.91. The van der Waals surface area contributed by atoms with Crippen molar-refractivity contribution in [3.63, 3.8) is 0 Å². The lowest BCUT2D eigenvalue weighted by Crippen LogP contribution is -2.22. The second-order valence-corrected chi connectivity index (χ2v) is 3.95. The molecule has 1 N–H and O–H groups in total. The topological polar surface area (TPSA) is 25.2 Å². The second kappa shape index (κ2) is 5.64. The molecule has 3 heteroatoms. The van der Waals surface area contributed by atoms with Crippen LogP contribution in [0.1, 0.15) is 24.3 Å². The van der Waals surface area contributed by atoms with E-state index in [0.29, 0.717) is 0 Å². The third kappa shape index (κ3) is 3.17. The van der Waals surface area contributed by atoms with Crippen molar-refractivity contribution >= 4 is 0 Å². The minimum atomic E-state index is -0.204. The van der Waals surface area contributed by atoms with Gasteiger partial charge >= 0.3 is 0 Å². The summed E-state index contributed by atoms with van der Waals surface area (Å²) in [5.41, 5.74) is 0.947. The Morgan fingerprint density at radius 3 is 2.82 bits per heavy atom. The molecule has 0 aliphatic heterocycles. The van der Waals surface area contributed by atoms with E-state index in [1.54, 1.807) is 18.4 Å². The summed E-state index contributed by atoms with van der Waals surface area (Å²) in [5.74, 6) is 0.699. The largest absolute Gasteiger partial charge is 0.469 e. The highest BCUT2D eigenvalue weighted by Gasteiger charge is 2.13.